The second-order valence-electron chi connectivity index (χ2n) is 8.14. The Kier molecular flexibility index (Phi) is 7.47. The molecule has 1 aromatic carbocycles. The van der Waals surface area contributed by atoms with Crippen LogP contribution in [0.1, 0.15) is 38.1 Å². The number of nitrogens with zero attached hydrogens (tertiary/aromatic N) is 4. The Morgan fingerprint density at radius 1 is 1.03 bits per heavy atom. The summed E-state index contributed by atoms with van der Waals surface area (Å²) in [5, 5.41) is 10.4. The van der Waals surface area contributed by atoms with Gasteiger partial charge in [-0.25, -0.2) is 9.97 Å². The number of hydrogen-bond acceptors (Lipinski definition) is 9. The number of H-pyrrole nitrogens is 1. The highest BCUT2D eigenvalue weighted by molar-refractivity contribution is 5.91. The van der Waals surface area contributed by atoms with E-state index >= 15 is 0 Å². The van der Waals surface area contributed by atoms with Crippen LogP contribution in [-0.2, 0) is 11.2 Å². The van der Waals surface area contributed by atoms with Gasteiger partial charge in [-0.3, -0.25) is 14.9 Å². The molecule has 4 aromatic rings. The lowest BCUT2D eigenvalue weighted by molar-refractivity contribution is -0.115. The summed E-state index contributed by atoms with van der Waals surface area (Å²) in [5.74, 6) is 2.70. The highest BCUT2D eigenvalue weighted by Crippen LogP contribution is 2.36. The van der Waals surface area contributed by atoms with Crippen molar-refractivity contribution in [1.82, 2.24) is 25.1 Å². The molecule has 36 heavy (non-hydrogen) atoms. The molecule has 0 fully saturated rings. The Labute approximate surface area is 208 Å². The topological polar surface area (TPSA) is 133 Å². The highest BCUT2D eigenvalue weighted by Gasteiger charge is 2.16. The number of aromatic nitrogens is 5. The van der Waals surface area contributed by atoms with Crippen molar-refractivity contribution < 1.29 is 23.7 Å². The van der Waals surface area contributed by atoms with Gasteiger partial charge < -0.3 is 24.3 Å². The molecule has 2 N–H and O–H groups in total. The van der Waals surface area contributed by atoms with Crippen molar-refractivity contribution in [2.75, 3.05) is 26.1 Å². The van der Waals surface area contributed by atoms with Crippen LogP contribution >= 0.6 is 0 Å². The van der Waals surface area contributed by atoms with Crippen molar-refractivity contribution in [2.24, 2.45) is 0 Å². The molecule has 0 aliphatic rings. The summed E-state index contributed by atoms with van der Waals surface area (Å²) in [6, 6.07) is 7.00. The summed E-state index contributed by atoms with van der Waals surface area (Å²) >= 11 is 0. The first-order valence-corrected chi connectivity index (χ1v) is 11.4. The Balaban J connectivity index is 1.54. The maximum Gasteiger partial charge on any atom is 0.231 e. The maximum atomic E-state index is 12.6. The largest absolute Gasteiger partial charge is 0.495 e. The molecule has 0 aliphatic heterocycles. The summed E-state index contributed by atoms with van der Waals surface area (Å²) in [4.78, 5) is 25.5. The van der Waals surface area contributed by atoms with E-state index in [4.69, 9.17) is 18.9 Å². The third kappa shape index (κ3) is 5.45. The lowest BCUT2D eigenvalue weighted by Crippen LogP contribution is -2.16. The van der Waals surface area contributed by atoms with E-state index in [0.29, 0.717) is 57.9 Å². The summed E-state index contributed by atoms with van der Waals surface area (Å²) < 4.78 is 22.6. The van der Waals surface area contributed by atoms with E-state index in [9.17, 15) is 4.79 Å². The van der Waals surface area contributed by atoms with Gasteiger partial charge in [0, 0.05) is 23.9 Å². The number of ether oxygens (including phenoxy) is 4. The summed E-state index contributed by atoms with van der Waals surface area (Å²) in [6.45, 7) is 6.44. The van der Waals surface area contributed by atoms with E-state index in [0.717, 1.165) is 5.69 Å². The monoisotopic (exact) mass is 492 g/mol. The molecule has 0 radical (unpaired) electrons. The summed E-state index contributed by atoms with van der Waals surface area (Å²) in [6.07, 6.45) is 2.92. The number of amides is 1. The van der Waals surface area contributed by atoms with Crippen LogP contribution in [-0.4, -0.2) is 51.9 Å². The van der Waals surface area contributed by atoms with Crippen LogP contribution in [0.5, 0.6) is 28.9 Å². The van der Waals surface area contributed by atoms with E-state index in [1.807, 2.05) is 26.8 Å². The number of nitrogens with one attached hydrogen (secondary N) is 2. The van der Waals surface area contributed by atoms with Gasteiger partial charge in [-0.1, -0.05) is 13.8 Å². The van der Waals surface area contributed by atoms with Gasteiger partial charge in [-0.15, -0.1) is 0 Å². The predicted molar refractivity (Wildman–Crippen MR) is 133 cm³/mol. The molecule has 3 aromatic heterocycles. The first-order chi connectivity index (χ1) is 17.4. The molecule has 11 heteroatoms. The van der Waals surface area contributed by atoms with Crippen molar-refractivity contribution in [3.63, 3.8) is 0 Å². The number of carbonyl (C=O) groups excluding carboxylic acids is 1. The van der Waals surface area contributed by atoms with Crippen molar-refractivity contribution in [2.45, 2.75) is 33.1 Å². The second kappa shape index (κ2) is 10.9. The summed E-state index contributed by atoms with van der Waals surface area (Å²) in [7, 11) is 3.07. The molecule has 188 valence electrons. The van der Waals surface area contributed by atoms with Crippen LogP contribution in [0.3, 0.4) is 0 Å². The zero-order valence-electron chi connectivity index (χ0n) is 20.8. The van der Waals surface area contributed by atoms with Crippen molar-refractivity contribution >= 4 is 22.6 Å². The smallest absolute Gasteiger partial charge is 0.231 e. The van der Waals surface area contributed by atoms with Gasteiger partial charge in [0.05, 0.1) is 50.0 Å². The molecular formula is C25H28N6O5. The second-order valence-corrected chi connectivity index (χ2v) is 8.14. The molecule has 0 saturated heterocycles. The van der Waals surface area contributed by atoms with Crippen LogP contribution < -0.4 is 24.3 Å². The van der Waals surface area contributed by atoms with Crippen LogP contribution in [0.4, 0.5) is 5.82 Å². The number of fused-ring (bicyclic) bond motifs is 1. The molecule has 3 heterocycles. The zero-order valence-corrected chi connectivity index (χ0v) is 20.8. The molecule has 0 spiro atoms. The van der Waals surface area contributed by atoms with Crippen LogP contribution in [0.25, 0.3) is 10.9 Å². The molecule has 1 amide bonds. The molecule has 4 rings (SSSR count). The number of hydrogen-bond donors (Lipinski definition) is 2. The molecule has 0 saturated carbocycles. The lowest BCUT2D eigenvalue weighted by atomic mass is 10.1. The number of aromatic amines is 1. The Morgan fingerprint density at radius 2 is 1.83 bits per heavy atom. The predicted octanol–water partition coefficient (Wildman–Crippen LogP) is 4.26. The minimum atomic E-state index is -0.268. The fourth-order valence-corrected chi connectivity index (χ4v) is 3.52. The van der Waals surface area contributed by atoms with Crippen LogP contribution in [0, 0.1) is 0 Å². The first kappa shape index (κ1) is 24.7. The van der Waals surface area contributed by atoms with Gasteiger partial charge in [0.15, 0.2) is 23.1 Å². The van der Waals surface area contributed by atoms with Crippen LogP contribution in [0.15, 0.2) is 36.8 Å². The number of methoxy groups -OCH3 is 2. The number of benzene rings is 1. The molecule has 0 unspecified atom stereocenters. The van der Waals surface area contributed by atoms with Gasteiger partial charge in [0.25, 0.3) is 0 Å². The Morgan fingerprint density at radius 3 is 2.53 bits per heavy atom. The fourth-order valence-electron chi connectivity index (χ4n) is 3.52. The maximum absolute atomic E-state index is 12.6. The first-order valence-electron chi connectivity index (χ1n) is 11.4. The molecule has 0 atom stereocenters. The van der Waals surface area contributed by atoms with Crippen molar-refractivity contribution in [1.29, 1.82) is 0 Å². The van der Waals surface area contributed by atoms with E-state index < -0.39 is 0 Å². The average Bonchev–Trinajstić information content (AvgIpc) is 3.33. The van der Waals surface area contributed by atoms with Crippen molar-refractivity contribution in [3.05, 3.63) is 48.2 Å². The van der Waals surface area contributed by atoms with E-state index in [1.165, 1.54) is 19.6 Å². The van der Waals surface area contributed by atoms with Gasteiger partial charge in [-0.2, -0.15) is 5.10 Å². The number of pyridine rings is 1. The number of anilines is 1. The third-order valence-electron chi connectivity index (χ3n) is 5.34. The average molecular weight is 493 g/mol. The minimum Gasteiger partial charge on any atom is -0.495 e. The minimum absolute atomic E-state index is 0.00126. The van der Waals surface area contributed by atoms with E-state index in [2.05, 4.69) is 30.5 Å². The molecular weight excluding hydrogens is 464 g/mol. The SMILES string of the molecule is CCOc1cc2c(Oc3cnc(CC(=O)Nc4cc(C(C)C)[nH]n4)c(OC)c3)ncnc2cc1OC. The standard InChI is InChI=1S/C25H28N6O5/c1-6-35-22-8-16-18(9-21(22)34-5)27-13-28-25(16)36-15-7-20(33-4)19(26-12-15)11-24(32)29-23-10-17(14(2)3)30-31-23/h7-10,12-14H,6,11H2,1-5H3,(H2,29,30,31,32). The Bertz CT molecular complexity index is 1370. The highest BCUT2D eigenvalue weighted by atomic mass is 16.5. The van der Waals surface area contributed by atoms with Gasteiger partial charge in [-0.05, 0) is 18.9 Å². The molecule has 0 aliphatic carbocycles. The number of carbonyl (C=O) groups is 1. The normalized spacial score (nSPS) is 10.9. The van der Waals surface area contributed by atoms with Crippen molar-refractivity contribution in [3.8, 4) is 28.9 Å². The van der Waals surface area contributed by atoms with E-state index in [1.54, 1.807) is 25.3 Å². The quantitative estimate of drug-likeness (QED) is 0.333. The van der Waals surface area contributed by atoms with Gasteiger partial charge in [0.1, 0.15) is 12.1 Å². The summed E-state index contributed by atoms with van der Waals surface area (Å²) in [5.41, 5.74) is 2.02. The fraction of sp³-hybridized carbons (Fsp3) is 0.320. The van der Waals surface area contributed by atoms with Crippen LogP contribution in [0.2, 0.25) is 0 Å². The molecule has 11 nitrogen and oxygen atoms in total. The van der Waals surface area contributed by atoms with Gasteiger partial charge >= 0.3 is 0 Å². The Hall–Kier alpha value is -4.41. The third-order valence-corrected chi connectivity index (χ3v) is 5.34. The van der Waals surface area contributed by atoms with E-state index in [-0.39, 0.29) is 18.2 Å². The lowest BCUT2D eigenvalue weighted by Gasteiger charge is -2.13. The number of rotatable bonds is 10. The zero-order chi connectivity index (χ0) is 25.7. The van der Waals surface area contributed by atoms with Gasteiger partial charge in [0.2, 0.25) is 11.8 Å². The molecule has 0 bridgehead atoms.